The highest BCUT2D eigenvalue weighted by Crippen LogP contribution is 2.41. The molecule has 4 nitrogen and oxygen atoms in total. The maximum atomic E-state index is 13.9. The van der Waals surface area contributed by atoms with Gasteiger partial charge in [-0.1, -0.05) is 12.1 Å². The number of fused-ring (bicyclic) bond motifs is 1. The van der Waals surface area contributed by atoms with Crippen molar-refractivity contribution < 1.29 is 23.0 Å². The molecule has 0 radical (unpaired) electrons. The fourth-order valence-corrected chi connectivity index (χ4v) is 2.83. The lowest BCUT2D eigenvalue weighted by atomic mass is 10.1. The molecule has 0 saturated carbocycles. The van der Waals surface area contributed by atoms with Gasteiger partial charge in [-0.2, -0.15) is 0 Å². The zero-order valence-electron chi connectivity index (χ0n) is 13.2. The molecule has 6 heteroatoms. The quantitative estimate of drug-likeness (QED) is 0.835. The van der Waals surface area contributed by atoms with Gasteiger partial charge in [0.2, 0.25) is 11.7 Å². The van der Waals surface area contributed by atoms with Crippen LogP contribution >= 0.6 is 0 Å². The Morgan fingerprint density at radius 1 is 1.04 bits per heavy atom. The van der Waals surface area contributed by atoms with E-state index >= 15 is 0 Å². The Balaban J connectivity index is 1.65. The highest BCUT2D eigenvalue weighted by Gasteiger charge is 2.33. The van der Waals surface area contributed by atoms with Crippen molar-refractivity contribution in [3.05, 3.63) is 59.2 Å². The van der Waals surface area contributed by atoms with Crippen LogP contribution < -0.4 is 9.47 Å². The molecule has 0 spiro atoms. The first-order chi connectivity index (χ1) is 11.4. The minimum absolute atomic E-state index is 0.0198. The molecule has 0 aliphatic carbocycles. The maximum absolute atomic E-state index is 13.9. The van der Waals surface area contributed by atoms with Gasteiger partial charge < -0.3 is 14.2 Å². The predicted octanol–water partition coefficient (Wildman–Crippen LogP) is 3.99. The van der Waals surface area contributed by atoms with Crippen LogP contribution in [0.3, 0.4) is 0 Å². The first-order valence-electron chi connectivity index (χ1n) is 7.60. The zero-order chi connectivity index (χ0) is 16.9. The van der Waals surface area contributed by atoms with Crippen LogP contribution in [0.5, 0.6) is 11.5 Å². The summed E-state index contributed by atoms with van der Waals surface area (Å²) in [5, 5.41) is 0. The first-order valence-corrected chi connectivity index (χ1v) is 7.60. The Labute approximate surface area is 137 Å². The summed E-state index contributed by atoms with van der Waals surface area (Å²) in [7, 11) is 0. The summed E-state index contributed by atoms with van der Waals surface area (Å²) >= 11 is 0. The number of halogens is 2. The maximum Gasteiger partial charge on any atom is 0.246 e. The van der Waals surface area contributed by atoms with Crippen LogP contribution in [0.2, 0.25) is 0 Å². The van der Waals surface area contributed by atoms with Crippen molar-refractivity contribution in [3.63, 3.8) is 0 Å². The smallest absolute Gasteiger partial charge is 0.246 e. The van der Waals surface area contributed by atoms with E-state index < -0.39 is 17.4 Å². The average molecular weight is 331 g/mol. The molecule has 2 aliphatic rings. The number of nitrogens with zero attached hydrogens (tertiary/aromatic N) is 1. The molecule has 124 valence electrons. The van der Waals surface area contributed by atoms with Crippen molar-refractivity contribution in [1.82, 2.24) is 0 Å². The fourth-order valence-electron chi connectivity index (χ4n) is 2.83. The molecule has 2 heterocycles. The molecule has 1 unspecified atom stereocenters. The van der Waals surface area contributed by atoms with Gasteiger partial charge in [0.05, 0.1) is 0 Å². The third-order valence-electron chi connectivity index (χ3n) is 3.89. The number of hydrogen-bond donors (Lipinski definition) is 0. The van der Waals surface area contributed by atoms with Crippen LogP contribution in [0.1, 0.15) is 31.0 Å². The van der Waals surface area contributed by atoms with E-state index in [0.29, 0.717) is 11.5 Å². The lowest BCUT2D eigenvalue weighted by Crippen LogP contribution is -2.29. The van der Waals surface area contributed by atoms with E-state index in [2.05, 4.69) is 4.99 Å². The number of hydrogen-bond acceptors (Lipinski definition) is 4. The molecule has 4 rings (SSSR count). The van der Waals surface area contributed by atoms with E-state index in [9.17, 15) is 8.78 Å². The van der Waals surface area contributed by atoms with Crippen molar-refractivity contribution in [1.29, 1.82) is 0 Å². The number of rotatable bonds is 2. The molecule has 0 N–H and O–H groups in total. The normalized spacial score (nSPS) is 20.7. The van der Waals surface area contributed by atoms with E-state index in [1.54, 1.807) is 6.07 Å². The molecule has 24 heavy (non-hydrogen) atoms. The number of benzene rings is 2. The van der Waals surface area contributed by atoms with E-state index in [0.717, 1.165) is 5.56 Å². The van der Waals surface area contributed by atoms with Crippen molar-refractivity contribution in [2.24, 2.45) is 4.99 Å². The fraction of sp³-hybridized carbons (Fsp3) is 0.278. The van der Waals surface area contributed by atoms with E-state index in [-0.39, 0.29) is 24.1 Å². The Morgan fingerprint density at radius 2 is 1.75 bits per heavy atom. The number of aliphatic imine (C=N–C) groups is 1. The van der Waals surface area contributed by atoms with Gasteiger partial charge >= 0.3 is 0 Å². The van der Waals surface area contributed by atoms with Crippen molar-refractivity contribution in [2.75, 3.05) is 6.61 Å². The largest absolute Gasteiger partial charge is 0.475 e. The summed E-state index contributed by atoms with van der Waals surface area (Å²) in [5.41, 5.74) is 0.601. The van der Waals surface area contributed by atoms with Gasteiger partial charge in [-0.3, -0.25) is 0 Å². The summed E-state index contributed by atoms with van der Waals surface area (Å²) in [6.07, 6.45) is 0. The zero-order valence-corrected chi connectivity index (χ0v) is 13.2. The second-order valence-corrected chi connectivity index (χ2v) is 6.17. The average Bonchev–Trinajstić information content (AvgIpc) is 3.09. The van der Waals surface area contributed by atoms with Gasteiger partial charge in [0.1, 0.15) is 29.8 Å². The third kappa shape index (κ3) is 2.48. The second-order valence-electron chi connectivity index (χ2n) is 6.17. The van der Waals surface area contributed by atoms with Gasteiger partial charge in [-0.25, -0.2) is 13.8 Å². The monoisotopic (exact) mass is 331 g/mol. The molecular weight excluding hydrogens is 316 g/mol. The van der Waals surface area contributed by atoms with Crippen LogP contribution in [0.25, 0.3) is 0 Å². The highest BCUT2D eigenvalue weighted by molar-refractivity contribution is 5.95. The van der Waals surface area contributed by atoms with Gasteiger partial charge in [0, 0.05) is 13.8 Å². The topological polar surface area (TPSA) is 40.0 Å². The van der Waals surface area contributed by atoms with Crippen LogP contribution in [0, 0.1) is 11.6 Å². The molecule has 0 saturated heterocycles. The van der Waals surface area contributed by atoms with Gasteiger partial charge in [-0.05, 0) is 29.8 Å². The summed E-state index contributed by atoms with van der Waals surface area (Å²) < 4.78 is 44.5. The Hall–Kier alpha value is -2.63. The van der Waals surface area contributed by atoms with Crippen LogP contribution in [-0.4, -0.2) is 18.3 Å². The Kier molecular flexibility index (Phi) is 3.23. The standard InChI is InChI=1S/C18H15F2NO3/c1-18(2)23-14-7-6-10(8-15(14)24-18)13-9-22-17(21-13)16-11(19)4-3-5-12(16)20/h3-8,13H,9H2,1-2H3. The second kappa shape index (κ2) is 5.19. The Bertz CT molecular complexity index is 828. The van der Waals surface area contributed by atoms with Gasteiger partial charge in [0.15, 0.2) is 11.5 Å². The number of ether oxygens (including phenoxy) is 3. The van der Waals surface area contributed by atoms with Crippen LogP contribution in [-0.2, 0) is 4.74 Å². The molecule has 2 aliphatic heterocycles. The van der Waals surface area contributed by atoms with Crippen LogP contribution in [0.4, 0.5) is 8.78 Å². The highest BCUT2D eigenvalue weighted by atomic mass is 19.1. The molecule has 0 aromatic heterocycles. The molecule has 0 amide bonds. The summed E-state index contributed by atoms with van der Waals surface area (Å²) in [4.78, 5) is 4.33. The molecule has 2 aromatic carbocycles. The summed E-state index contributed by atoms with van der Waals surface area (Å²) in [6, 6.07) is 8.79. The first kappa shape index (κ1) is 14.9. The van der Waals surface area contributed by atoms with E-state index in [1.165, 1.54) is 18.2 Å². The van der Waals surface area contributed by atoms with E-state index in [1.807, 2.05) is 26.0 Å². The van der Waals surface area contributed by atoms with Gasteiger partial charge in [-0.15, -0.1) is 0 Å². The van der Waals surface area contributed by atoms with Crippen molar-refractivity contribution in [2.45, 2.75) is 25.7 Å². The minimum atomic E-state index is -0.710. The molecule has 0 fully saturated rings. The van der Waals surface area contributed by atoms with E-state index in [4.69, 9.17) is 14.2 Å². The lowest BCUT2D eigenvalue weighted by Gasteiger charge is -2.16. The minimum Gasteiger partial charge on any atom is -0.475 e. The third-order valence-corrected chi connectivity index (χ3v) is 3.89. The molecule has 1 atom stereocenters. The van der Waals surface area contributed by atoms with Crippen molar-refractivity contribution >= 4 is 5.90 Å². The predicted molar refractivity (Wildman–Crippen MR) is 83.4 cm³/mol. The molecular formula is C18H15F2NO3. The van der Waals surface area contributed by atoms with Crippen molar-refractivity contribution in [3.8, 4) is 11.5 Å². The summed E-state index contributed by atoms with van der Waals surface area (Å²) in [6.45, 7) is 3.86. The lowest BCUT2D eigenvalue weighted by molar-refractivity contribution is -0.0431. The molecule has 2 aromatic rings. The SMILES string of the molecule is CC1(C)Oc2ccc(C3COC(c4c(F)cccc4F)=N3)cc2O1. The Morgan fingerprint density at radius 3 is 2.50 bits per heavy atom. The summed E-state index contributed by atoms with van der Waals surface area (Å²) in [5.74, 6) is -0.833. The molecule has 0 bridgehead atoms. The van der Waals surface area contributed by atoms with Gasteiger partial charge in [0.25, 0.3) is 0 Å². The van der Waals surface area contributed by atoms with Crippen LogP contribution in [0.15, 0.2) is 41.4 Å².